The van der Waals surface area contributed by atoms with Gasteiger partial charge in [0, 0.05) is 29.4 Å². The van der Waals surface area contributed by atoms with Crippen LogP contribution in [0.4, 0.5) is 0 Å². The molecule has 0 aromatic carbocycles. The fourth-order valence-corrected chi connectivity index (χ4v) is 3.39. The fraction of sp³-hybridized carbons (Fsp3) is 0.714. The molecule has 96 valence electrons. The molecule has 2 nitrogen and oxygen atoms in total. The van der Waals surface area contributed by atoms with E-state index in [9.17, 15) is 0 Å². The SMILES string of the molecule is CCc1ccc(CNCC2(C)CCCNC2)s1. The van der Waals surface area contributed by atoms with Gasteiger partial charge in [0.25, 0.3) is 0 Å². The summed E-state index contributed by atoms with van der Waals surface area (Å²) in [6, 6.07) is 4.52. The maximum absolute atomic E-state index is 3.62. The van der Waals surface area contributed by atoms with Crippen molar-refractivity contribution in [1.29, 1.82) is 0 Å². The summed E-state index contributed by atoms with van der Waals surface area (Å²) in [7, 11) is 0. The zero-order valence-electron chi connectivity index (χ0n) is 11.0. The highest BCUT2D eigenvalue weighted by atomic mass is 32.1. The first-order valence-corrected chi connectivity index (χ1v) is 7.52. The molecule has 0 aliphatic carbocycles. The Bertz CT molecular complexity index is 340. The summed E-state index contributed by atoms with van der Waals surface area (Å²) in [5.74, 6) is 0. The minimum absolute atomic E-state index is 0.448. The lowest BCUT2D eigenvalue weighted by atomic mass is 9.83. The van der Waals surface area contributed by atoms with E-state index in [1.807, 2.05) is 11.3 Å². The molecule has 2 heterocycles. The van der Waals surface area contributed by atoms with Crippen molar-refractivity contribution in [2.75, 3.05) is 19.6 Å². The maximum Gasteiger partial charge on any atom is 0.0300 e. The van der Waals surface area contributed by atoms with Crippen molar-refractivity contribution < 1.29 is 0 Å². The van der Waals surface area contributed by atoms with E-state index in [4.69, 9.17) is 0 Å². The quantitative estimate of drug-likeness (QED) is 0.842. The van der Waals surface area contributed by atoms with Crippen molar-refractivity contribution in [2.24, 2.45) is 5.41 Å². The number of hydrogen-bond donors (Lipinski definition) is 2. The number of nitrogens with one attached hydrogen (secondary N) is 2. The monoisotopic (exact) mass is 252 g/mol. The summed E-state index contributed by atoms with van der Waals surface area (Å²) < 4.78 is 0. The third-order valence-corrected chi connectivity index (χ3v) is 4.83. The molecule has 1 aliphatic rings. The molecule has 1 aromatic heterocycles. The Balaban J connectivity index is 1.74. The van der Waals surface area contributed by atoms with Crippen LogP contribution >= 0.6 is 11.3 Å². The predicted molar refractivity (Wildman–Crippen MR) is 75.6 cm³/mol. The van der Waals surface area contributed by atoms with E-state index in [2.05, 4.69) is 36.6 Å². The lowest BCUT2D eigenvalue weighted by Gasteiger charge is -2.34. The first-order valence-electron chi connectivity index (χ1n) is 6.71. The van der Waals surface area contributed by atoms with Gasteiger partial charge < -0.3 is 10.6 Å². The molecule has 1 unspecified atom stereocenters. The molecule has 1 aromatic rings. The molecule has 0 radical (unpaired) electrons. The summed E-state index contributed by atoms with van der Waals surface area (Å²) in [6.45, 7) is 9.11. The molecule has 0 amide bonds. The Morgan fingerprint density at radius 2 is 2.24 bits per heavy atom. The Morgan fingerprint density at radius 3 is 2.88 bits per heavy atom. The van der Waals surface area contributed by atoms with Gasteiger partial charge in [-0.1, -0.05) is 13.8 Å². The fourth-order valence-electron chi connectivity index (χ4n) is 2.46. The van der Waals surface area contributed by atoms with Crippen molar-refractivity contribution in [2.45, 2.75) is 39.7 Å². The molecule has 1 atom stereocenters. The Kier molecular flexibility index (Phi) is 4.60. The predicted octanol–water partition coefficient (Wildman–Crippen LogP) is 2.79. The van der Waals surface area contributed by atoms with Crippen molar-refractivity contribution in [3.63, 3.8) is 0 Å². The number of piperidine rings is 1. The molecule has 3 heteroatoms. The molecule has 0 saturated carbocycles. The summed E-state index contributed by atoms with van der Waals surface area (Å²) >= 11 is 1.94. The molecular weight excluding hydrogens is 228 g/mol. The van der Waals surface area contributed by atoms with E-state index in [0.717, 1.165) is 26.1 Å². The highest BCUT2D eigenvalue weighted by molar-refractivity contribution is 7.11. The van der Waals surface area contributed by atoms with Gasteiger partial charge in [0.2, 0.25) is 0 Å². The minimum atomic E-state index is 0.448. The van der Waals surface area contributed by atoms with Crippen LogP contribution in [0.5, 0.6) is 0 Å². The Morgan fingerprint density at radius 1 is 1.41 bits per heavy atom. The van der Waals surface area contributed by atoms with Gasteiger partial charge in [-0.15, -0.1) is 11.3 Å². The number of rotatable bonds is 5. The second-order valence-corrected chi connectivity index (χ2v) is 6.67. The molecule has 1 fully saturated rings. The topological polar surface area (TPSA) is 24.1 Å². The van der Waals surface area contributed by atoms with Crippen molar-refractivity contribution >= 4 is 11.3 Å². The third kappa shape index (κ3) is 3.80. The van der Waals surface area contributed by atoms with Crippen molar-refractivity contribution in [1.82, 2.24) is 10.6 Å². The van der Waals surface area contributed by atoms with Gasteiger partial charge in [0.05, 0.1) is 0 Å². The van der Waals surface area contributed by atoms with Gasteiger partial charge in [-0.2, -0.15) is 0 Å². The highest BCUT2D eigenvalue weighted by Crippen LogP contribution is 2.24. The lowest BCUT2D eigenvalue weighted by molar-refractivity contribution is 0.226. The van der Waals surface area contributed by atoms with Crippen LogP contribution < -0.4 is 10.6 Å². The van der Waals surface area contributed by atoms with Crippen LogP contribution in [0.15, 0.2) is 12.1 Å². The molecule has 2 N–H and O–H groups in total. The minimum Gasteiger partial charge on any atom is -0.316 e. The van der Waals surface area contributed by atoms with E-state index >= 15 is 0 Å². The molecule has 1 aliphatic heterocycles. The van der Waals surface area contributed by atoms with Crippen LogP contribution in [0, 0.1) is 5.41 Å². The summed E-state index contributed by atoms with van der Waals surface area (Å²) in [5, 5.41) is 7.12. The van der Waals surface area contributed by atoms with Gasteiger partial charge in [-0.3, -0.25) is 0 Å². The van der Waals surface area contributed by atoms with Gasteiger partial charge in [0.1, 0.15) is 0 Å². The van der Waals surface area contributed by atoms with Crippen LogP contribution in [-0.2, 0) is 13.0 Å². The van der Waals surface area contributed by atoms with Crippen LogP contribution in [-0.4, -0.2) is 19.6 Å². The van der Waals surface area contributed by atoms with E-state index in [0.29, 0.717) is 5.41 Å². The maximum atomic E-state index is 3.62. The van der Waals surface area contributed by atoms with Crippen LogP contribution in [0.1, 0.15) is 36.4 Å². The lowest BCUT2D eigenvalue weighted by Crippen LogP contribution is -2.44. The molecule has 17 heavy (non-hydrogen) atoms. The Hall–Kier alpha value is -0.380. The first-order chi connectivity index (χ1) is 8.22. The zero-order valence-corrected chi connectivity index (χ0v) is 11.8. The second-order valence-electron chi connectivity index (χ2n) is 5.42. The van der Waals surface area contributed by atoms with E-state index < -0.39 is 0 Å². The van der Waals surface area contributed by atoms with Crippen molar-refractivity contribution in [3.8, 4) is 0 Å². The summed E-state index contributed by atoms with van der Waals surface area (Å²) in [4.78, 5) is 2.96. The van der Waals surface area contributed by atoms with Crippen molar-refractivity contribution in [3.05, 3.63) is 21.9 Å². The third-order valence-electron chi connectivity index (χ3n) is 3.60. The van der Waals surface area contributed by atoms with Crippen LogP contribution in [0.25, 0.3) is 0 Å². The van der Waals surface area contributed by atoms with Gasteiger partial charge >= 0.3 is 0 Å². The largest absolute Gasteiger partial charge is 0.316 e. The number of thiophene rings is 1. The highest BCUT2D eigenvalue weighted by Gasteiger charge is 2.25. The molecule has 0 bridgehead atoms. The second kappa shape index (κ2) is 5.98. The summed E-state index contributed by atoms with van der Waals surface area (Å²) in [5.41, 5.74) is 0.448. The molecule has 1 saturated heterocycles. The van der Waals surface area contributed by atoms with Gasteiger partial charge in [-0.25, -0.2) is 0 Å². The standard InChI is InChI=1S/C14H24N2S/c1-3-12-5-6-13(17-12)9-16-11-14(2)7-4-8-15-10-14/h5-6,15-16H,3-4,7-11H2,1-2H3. The molecular formula is C14H24N2S. The normalized spacial score (nSPS) is 25.1. The average Bonchev–Trinajstić information content (AvgIpc) is 2.78. The smallest absolute Gasteiger partial charge is 0.0300 e. The van der Waals surface area contributed by atoms with E-state index in [1.54, 1.807) is 0 Å². The first kappa shape index (κ1) is 13.1. The molecule has 2 rings (SSSR count). The molecule has 0 spiro atoms. The average molecular weight is 252 g/mol. The van der Waals surface area contributed by atoms with E-state index in [-0.39, 0.29) is 0 Å². The number of hydrogen-bond acceptors (Lipinski definition) is 3. The Labute approximate surface area is 109 Å². The van der Waals surface area contributed by atoms with E-state index in [1.165, 1.54) is 29.1 Å². The zero-order chi connectivity index (χ0) is 12.1. The summed E-state index contributed by atoms with van der Waals surface area (Å²) in [6.07, 6.45) is 3.82. The van der Waals surface area contributed by atoms with Gasteiger partial charge in [-0.05, 0) is 43.4 Å². The van der Waals surface area contributed by atoms with Gasteiger partial charge in [0.15, 0.2) is 0 Å². The number of aryl methyl sites for hydroxylation is 1. The van der Waals surface area contributed by atoms with Crippen LogP contribution in [0.2, 0.25) is 0 Å². The van der Waals surface area contributed by atoms with Crippen LogP contribution in [0.3, 0.4) is 0 Å².